The van der Waals surface area contributed by atoms with Crippen molar-refractivity contribution >= 4 is 29.0 Å². The Morgan fingerprint density at radius 1 is 1.53 bits per heavy atom. The van der Waals surface area contributed by atoms with Crippen LogP contribution in [0.25, 0.3) is 0 Å². The van der Waals surface area contributed by atoms with Crippen LogP contribution in [0.15, 0.2) is 17.5 Å². The molecule has 0 spiro atoms. The van der Waals surface area contributed by atoms with Crippen molar-refractivity contribution in [1.29, 1.82) is 0 Å². The van der Waals surface area contributed by atoms with Gasteiger partial charge in [-0.15, -0.1) is 11.3 Å². The van der Waals surface area contributed by atoms with Gasteiger partial charge in [0.2, 0.25) is 0 Å². The molecule has 94 valence electrons. The molecular formula is C12H17NO2S2. The molecule has 3 nitrogen and oxygen atoms in total. The Kier molecular flexibility index (Phi) is 5.35. The van der Waals surface area contributed by atoms with E-state index in [1.807, 2.05) is 29.3 Å². The van der Waals surface area contributed by atoms with Gasteiger partial charge in [0, 0.05) is 30.8 Å². The Bertz CT molecular complexity index is 334. The van der Waals surface area contributed by atoms with Crippen molar-refractivity contribution in [3.05, 3.63) is 22.4 Å². The third kappa shape index (κ3) is 4.33. The predicted octanol–water partition coefficient (Wildman–Crippen LogP) is 2.39. The van der Waals surface area contributed by atoms with Gasteiger partial charge in [0.15, 0.2) is 0 Å². The highest BCUT2D eigenvalue weighted by Crippen LogP contribution is 2.21. The summed E-state index contributed by atoms with van der Waals surface area (Å²) in [6.45, 7) is 2.52. The van der Waals surface area contributed by atoms with Crippen LogP contribution in [0.4, 0.5) is 0 Å². The average molecular weight is 271 g/mol. The van der Waals surface area contributed by atoms with Crippen molar-refractivity contribution in [3.63, 3.8) is 0 Å². The second-order valence-electron chi connectivity index (χ2n) is 3.92. The summed E-state index contributed by atoms with van der Waals surface area (Å²) in [6, 6.07) is 3.75. The lowest BCUT2D eigenvalue weighted by Crippen LogP contribution is -2.26. The summed E-state index contributed by atoms with van der Waals surface area (Å²) < 4.78 is 5.31. The minimum Gasteiger partial charge on any atom is -0.381 e. The van der Waals surface area contributed by atoms with Gasteiger partial charge in [0.05, 0.1) is 4.88 Å². The maximum Gasteiger partial charge on any atom is 0.261 e. The van der Waals surface area contributed by atoms with Crippen molar-refractivity contribution in [2.24, 2.45) is 0 Å². The molecule has 1 saturated heterocycles. The lowest BCUT2D eigenvalue weighted by atomic mass is 10.2. The van der Waals surface area contributed by atoms with Gasteiger partial charge in [-0.2, -0.15) is 11.8 Å². The molecule has 2 heterocycles. The third-order valence-electron chi connectivity index (χ3n) is 2.65. The molecule has 1 N–H and O–H groups in total. The first-order chi connectivity index (χ1) is 8.36. The van der Waals surface area contributed by atoms with E-state index in [2.05, 4.69) is 5.32 Å². The predicted molar refractivity (Wildman–Crippen MR) is 73.0 cm³/mol. The van der Waals surface area contributed by atoms with Gasteiger partial charge in [-0.3, -0.25) is 4.79 Å². The Morgan fingerprint density at radius 3 is 3.06 bits per heavy atom. The van der Waals surface area contributed by atoms with E-state index in [9.17, 15) is 4.79 Å². The lowest BCUT2D eigenvalue weighted by Gasteiger charge is -2.21. The maximum absolute atomic E-state index is 11.6. The molecule has 0 aromatic carbocycles. The molecule has 0 atom stereocenters. The molecule has 1 aromatic rings. The summed E-state index contributed by atoms with van der Waals surface area (Å²) in [5, 5.41) is 5.58. The van der Waals surface area contributed by atoms with Gasteiger partial charge in [-0.05, 0) is 24.3 Å². The average Bonchev–Trinajstić information content (AvgIpc) is 2.89. The van der Waals surface area contributed by atoms with Crippen molar-refractivity contribution < 1.29 is 9.53 Å². The Labute approximate surface area is 110 Å². The minimum absolute atomic E-state index is 0.0487. The highest BCUT2D eigenvalue weighted by molar-refractivity contribution is 7.99. The molecule has 0 unspecified atom stereocenters. The van der Waals surface area contributed by atoms with Gasteiger partial charge in [-0.1, -0.05) is 6.07 Å². The highest BCUT2D eigenvalue weighted by Gasteiger charge is 2.13. The van der Waals surface area contributed by atoms with E-state index in [4.69, 9.17) is 4.74 Å². The van der Waals surface area contributed by atoms with Crippen LogP contribution in [0.3, 0.4) is 0 Å². The zero-order chi connectivity index (χ0) is 11.9. The van der Waals surface area contributed by atoms with Crippen LogP contribution in [0.1, 0.15) is 22.5 Å². The molecule has 2 rings (SSSR count). The fourth-order valence-corrected chi connectivity index (χ4v) is 3.45. The lowest BCUT2D eigenvalue weighted by molar-refractivity contribution is 0.0959. The molecule has 0 aliphatic carbocycles. The maximum atomic E-state index is 11.6. The number of nitrogens with one attached hydrogen (secondary N) is 1. The molecule has 1 aromatic heterocycles. The van der Waals surface area contributed by atoms with E-state index < -0.39 is 0 Å². The summed E-state index contributed by atoms with van der Waals surface area (Å²) in [6.07, 6.45) is 2.28. The van der Waals surface area contributed by atoms with Crippen molar-refractivity contribution in [1.82, 2.24) is 5.32 Å². The van der Waals surface area contributed by atoms with Gasteiger partial charge in [-0.25, -0.2) is 0 Å². The van der Waals surface area contributed by atoms with E-state index in [0.29, 0.717) is 5.25 Å². The first kappa shape index (κ1) is 12.9. The van der Waals surface area contributed by atoms with Crippen molar-refractivity contribution in [2.75, 3.05) is 25.5 Å². The molecule has 5 heteroatoms. The van der Waals surface area contributed by atoms with E-state index in [1.165, 1.54) is 11.3 Å². The van der Waals surface area contributed by atoms with Crippen LogP contribution in [0.2, 0.25) is 0 Å². The number of amides is 1. The molecule has 1 amide bonds. The largest absolute Gasteiger partial charge is 0.381 e. The van der Waals surface area contributed by atoms with Crippen LogP contribution < -0.4 is 5.32 Å². The Morgan fingerprint density at radius 2 is 2.35 bits per heavy atom. The number of carbonyl (C=O) groups is 1. The SMILES string of the molecule is O=C(NCCSC1CCOCC1)c1cccs1. The molecule has 1 fully saturated rings. The molecule has 0 bridgehead atoms. The molecule has 1 aliphatic rings. The van der Waals surface area contributed by atoms with Crippen molar-refractivity contribution in [3.8, 4) is 0 Å². The standard InChI is InChI=1S/C12H17NO2S2/c14-12(11-2-1-8-17-11)13-5-9-16-10-3-6-15-7-4-10/h1-2,8,10H,3-7,9H2,(H,13,14). The number of hydrogen-bond acceptors (Lipinski definition) is 4. The molecule has 1 aliphatic heterocycles. The van der Waals surface area contributed by atoms with E-state index in [1.54, 1.807) is 0 Å². The molecule has 0 radical (unpaired) electrons. The summed E-state index contributed by atoms with van der Waals surface area (Å²) in [7, 11) is 0. The summed E-state index contributed by atoms with van der Waals surface area (Å²) >= 11 is 3.43. The van der Waals surface area contributed by atoms with Crippen LogP contribution in [0, 0.1) is 0 Å². The van der Waals surface area contributed by atoms with Gasteiger partial charge in [0.25, 0.3) is 5.91 Å². The van der Waals surface area contributed by atoms with E-state index in [0.717, 1.165) is 43.2 Å². The Hall–Kier alpha value is -0.520. The first-order valence-corrected chi connectivity index (χ1v) is 7.80. The van der Waals surface area contributed by atoms with Gasteiger partial charge < -0.3 is 10.1 Å². The number of rotatable bonds is 5. The fourth-order valence-electron chi connectivity index (χ4n) is 1.73. The molecular weight excluding hydrogens is 254 g/mol. The number of hydrogen-bond donors (Lipinski definition) is 1. The fraction of sp³-hybridized carbons (Fsp3) is 0.583. The van der Waals surface area contributed by atoms with Gasteiger partial charge in [0.1, 0.15) is 0 Å². The summed E-state index contributed by atoms with van der Waals surface area (Å²) in [5.41, 5.74) is 0. The first-order valence-electron chi connectivity index (χ1n) is 5.87. The third-order valence-corrected chi connectivity index (χ3v) is 4.91. The molecule has 17 heavy (non-hydrogen) atoms. The quantitative estimate of drug-likeness (QED) is 0.836. The number of ether oxygens (including phenoxy) is 1. The zero-order valence-corrected chi connectivity index (χ0v) is 11.3. The van der Waals surface area contributed by atoms with Crippen LogP contribution in [-0.2, 0) is 4.74 Å². The number of thioether (sulfide) groups is 1. The van der Waals surface area contributed by atoms with Gasteiger partial charge >= 0.3 is 0 Å². The highest BCUT2D eigenvalue weighted by atomic mass is 32.2. The summed E-state index contributed by atoms with van der Waals surface area (Å²) in [5.74, 6) is 1.04. The van der Waals surface area contributed by atoms with Crippen LogP contribution in [0.5, 0.6) is 0 Å². The zero-order valence-electron chi connectivity index (χ0n) is 9.69. The second kappa shape index (κ2) is 7.03. The van der Waals surface area contributed by atoms with Crippen LogP contribution >= 0.6 is 23.1 Å². The topological polar surface area (TPSA) is 38.3 Å². The smallest absolute Gasteiger partial charge is 0.261 e. The number of carbonyl (C=O) groups excluding carboxylic acids is 1. The Balaban J connectivity index is 1.58. The van der Waals surface area contributed by atoms with Crippen LogP contribution in [-0.4, -0.2) is 36.7 Å². The van der Waals surface area contributed by atoms with E-state index >= 15 is 0 Å². The number of thiophene rings is 1. The molecule has 0 saturated carbocycles. The summed E-state index contributed by atoms with van der Waals surface area (Å²) in [4.78, 5) is 12.4. The monoisotopic (exact) mass is 271 g/mol. The normalized spacial score (nSPS) is 16.9. The minimum atomic E-state index is 0.0487. The van der Waals surface area contributed by atoms with Crippen molar-refractivity contribution in [2.45, 2.75) is 18.1 Å². The van der Waals surface area contributed by atoms with E-state index in [-0.39, 0.29) is 5.91 Å². The second-order valence-corrected chi connectivity index (χ2v) is 6.27.